The van der Waals surface area contributed by atoms with Gasteiger partial charge >= 0.3 is 0 Å². The maximum atomic E-state index is 11.3. The lowest BCUT2D eigenvalue weighted by molar-refractivity contribution is -0.255. The highest BCUT2D eigenvalue weighted by atomic mass is 16.4. The Labute approximate surface area is 152 Å². The molecule has 0 amide bonds. The quantitative estimate of drug-likeness (QED) is 0.717. The van der Waals surface area contributed by atoms with E-state index in [4.69, 9.17) is 0 Å². The molecule has 0 saturated heterocycles. The van der Waals surface area contributed by atoms with Gasteiger partial charge in [0.25, 0.3) is 0 Å². The molecular formula is C23H18NO2-. The minimum absolute atomic E-state index is 0.197. The number of nitrogens with one attached hydrogen (secondary N) is 1. The van der Waals surface area contributed by atoms with Crippen molar-refractivity contribution in [2.24, 2.45) is 5.92 Å². The first-order chi connectivity index (χ1) is 12.7. The summed E-state index contributed by atoms with van der Waals surface area (Å²) in [5.41, 5.74) is 3.62. The molecule has 1 N–H and O–H groups in total. The molecule has 3 heteroatoms. The van der Waals surface area contributed by atoms with Crippen molar-refractivity contribution in [1.82, 2.24) is 0 Å². The first-order valence-corrected chi connectivity index (χ1v) is 8.98. The summed E-state index contributed by atoms with van der Waals surface area (Å²) < 4.78 is 0. The molecule has 128 valence electrons. The molecule has 1 aliphatic carbocycles. The lowest BCUT2D eigenvalue weighted by atomic mass is 9.76. The highest BCUT2D eigenvalue weighted by molar-refractivity contribution is 5.88. The Morgan fingerprint density at radius 2 is 1.85 bits per heavy atom. The lowest BCUT2D eigenvalue weighted by Gasteiger charge is -2.38. The highest BCUT2D eigenvalue weighted by Gasteiger charge is 2.38. The summed E-state index contributed by atoms with van der Waals surface area (Å²) in [4.78, 5) is 11.3. The van der Waals surface area contributed by atoms with Crippen molar-refractivity contribution in [2.45, 2.75) is 18.4 Å². The van der Waals surface area contributed by atoms with Crippen molar-refractivity contribution in [1.29, 1.82) is 0 Å². The van der Waals surface area contributed by atoms with E-state index < -0.39 is 5.97 Å². The zero-order valence-electron chi connectivity index (χ0n) is 14.2. The Morgan fingerprint density at radius 3 is 2.73 bits per heavy atom. The van der Waals surface area contributed by atoms with E-state index in [0.717, 1.165) is 17.7 Å². The molecule has 0 aromatic heterocycles. The monoisotopic (exact) mass is 340 g/mol. The molecule has 26 heavy (non-hydrogen) atoms. The fraction of sp³-hybridized carbons (Fsp3) is 0.174. The first-order valence-electron chi connectivity index (χ1n) is 8.98. The Hall–Kier alpha value is -3.07. The summed E-state index contributed by atoms with van der Waals surface area (Å²) in [6, 6.07) is 20.4. The molecule has 1 aliphatic heterocycles. The molecule has 5 rings (SSSR count). The minimum Gasteiger partial charge on any atom is -0.545 e. The number of allylic oxidation sites excluding steroid dienone is 2. The summed E-state index contributed by atoms with van der Waals surface area (Å²) >= 11 is 0. The maximum Gasteiger partial charge on any atom is 0.0715 e. The SMILES string of the molecule is O=C([O-])c1ccc2c(c1)[C@@H]1C=CC[C@@H]1[C@H](c1cccc3ccccc13)N2. The number of carbonyl (C=O) groups is 1. The number of hydrogen-bond acceptors (Lipinski definition) is 3. The number of hydrogen-bond donors (Lipinski definition) is 1. The van der Waals surface area contributed by atoms with Crippen LogP contribution in [0.5, 0.6) is 0 Å². The summed E-state index contributed by atoms with van der Waals surface area (Å²) in [6.45, 7) is 0. The van der Waals surface area contributed by atoms with Crippen molar-refractivity contribution < 1.29 is 9.90 Å². The van der Waals surface area contributed by atoms with Gasteiger partial charge in [0.1, 0.15) is 0 Å². The van der Waals surface area contributed by atoms with Crippen molar-refractivity contribution in [2.75, 3.05) is 5.32 Å². The number of benzene rings is 3. The van der Waals surface area contributed by atoms with Crippen molar-refractivity contribution in [3.8, 4) is 0 Å². The van der Waals surface area contributed by atoms with Crippen LogP contribution in [0.25, 0.3) is 10.8 Å². The molecule has 0 saturated carbocycles. The Bertz CT molecular complexity index is 1050. The van der Waals surface area contributed by atoms with E-state index >= 15 is 0 Å². The maximum absolute atomic E-state index is 11.3. The zero-order valence-corrected chi connectivity index (χ0v) is 14.2. The van der Waals surface area contributed by atoms with Gasteiger partial charge in [0.15, 0.2) is 0 Å². The van der Waals surface area contributed by atoms with Crippen LogP contribution in [0.3, 0.4) is 0 Å². The van der Waals surface area contributed by atoms with E-state index in [-0.39, 0.29) is 17.5 Å². The van der Waals surface area contributed by atoms with Gasteiger partial charge in [-0.1, -0.05) is 60.7 Å². The third-order valence-electron chi connectivity index (χ3n) is 5.76. The molecule has 2 aliphatic rings. The topological polar surface area (TPSA) is 52.2 Å². The minimum atomic E-state index is -1.12. The molecule has 0 radical (unpaired) electrons. The second kappa shape index (κ2) is 5.73. The van der Waals surface area contributed by atoms with Gasteiger partial charge in [0.05, 0.1) is 12.0 Å². The van der Waals surface area contributed by atoms with Crippen LogP contribution < -0.4 is 10.4 Å². The second-order valence-corrected chi connectivity index (χ2v) is 7.13. The molecule has 0 fully saturated rings. The number of anilines is 1. The average molecular weight is 340 g/mol. The highest BCUT2D eigenvalue weighted by Crippen LogP contribution is 2.50. The summed E-state index contributed by atoms with van der Waals surface area (Å²) in [5.74, 6) is -0.512. The number of aromatic carboxylic acids is 1. The first kappa shape index (κ1) is 15.2. The summed E-state index contributed by atoms with van der Waals surface area (Å²) in [5, 5.41) is 17.5. The molecule has 3 atom stereocenters. The third-order valence-corrected chi connectivity index (χ3v) is 5.76. The van der Waals surface area contributed by atoms with E-state index in [1.54, 1.807) is 12.1 Å². The molecular weight excluding hydrogens is 322 g/mol. The summed E-state index contributed by atoms with van der Waals surface area (Å²) in [7, 11) is 0. The number of fused-ring (bicyclic) bond motifs is 4. The molecule has 3 nitrogen and oxygen atoms in total. The van der Waals surface area contributed by atoms with Crippen LogP contribution in [0, 0.1) is 5.92 Å². The van der Waals surface area contributed by atoms with Gasteiger partial charge in [-0.3, -0.25) is 0 Å². The van der Waals surface area contributed by atoms with Gasteiger partial charge in [-0.05, 0) is 51.9 Å². The van der Waals surface area contributed by atoms with Crippen molar-refractivity contribution in [3.63, 3.8) is 0 Å². The standard InChI is InChI=1S/C23H19NO2/c25-23(26)15-11-12-21-20(13-15)17-8-4-10-19(17)22(24-21)18-9-3-6-14-5-1-2-7-16(14)18/h1-9,11-13,17,19,22,24H,10H2,(H,25,26)/p-1/t17-,19+,22+/m1/s1. The lowest BCUT2D eigenvalue weighted by Crippen LogP contribution is -2.30. The molecule has 3 aromatic rings. The van der Waals surface area contributed by atoms with Crippen LogP contribution in [0.2, 0.25) is 0 Å². The Kier molecular flexibility index (Phi) is 3.35. The molecule has 1 heterocycles. The number of carboxylic acids is 1. The van der Waals surface area contributed by atoms with E-state index in [0.29, 0.717) is 5.92 Å². The Balaban J connectivity index is 1.65. The van der Waals surface area contributed by atoms with E-state index in [1.165, 1.54) is 16.3 Å². The van der Waals surface area contributed by atoms with Crippen molar-refractivity contribution >= 4 is 22.4 Å². The normalized spacial score (nSPS) is 23.3. The molecule has 0 bridgehead atoms. The van der Waals surface area contributed by atoms with Gasteiger partial charge in [-0.15, -0.1) is 0 Å². The number of carboxylic acid groups (broad SMARTS) is 1. The van der Waals surface area contributed by atoms with Gasteiger partial charge in [0.2, 0.25) is 0 Å². The predicted molar refractivity (Wildman–Crippen MR) is 101 cm³/mol. The second-order valence-electron chi connectivity index (χ2n) is 7.13. The zero-order chi connectivity index (χ0) is 17.7. The van der Waals surface area contributed by atoms with Crippen LogP contribution in [-0.4, -0.2) is 5.97 Å². The molecule has 0 unspecified atom stereocenters. The van der Waals surface area contributed by atoms with Crippen LogP contribution in [0.4, 0.5) is 5.69 Å². The van der Waals surface area contributed by atoms with Crippen LogP contribution in [-0.2, 0) is 0 Å². The van der Waals surface area contributed by atoms with E-state index in [9.17, 15) is 9.90 Å². The largest absolute Gasteiger partial charge is 0.545 e. The molecule has 0 spiro atoms. The smallest absolute Gasteiger partial charge is 0.0715 e. The fourth-order valence-electron chi connectivity index (χ4n) is 4.55. The van der Waals surface area contributed by atoms with Crippen LogP contribution in [0.15, 0.2) is 72.8 Å². The van der Waals surface area contributed by atoms with E-state index in [2.05, 4.69) is 59.9 Å². The van der Waals surface area contributed by atoms with Gasteiger partial charge in [0, 0.05) is 11.6 Å². The number of rotatable bonds is 2. The van der Waals surface area contributed by atoms with E-state index in [1.807, 2.05) is 6.07 Å². The van der Waals surface area contributed by atoms with Gasteiger partial charge < -0.3 is 15.2 Å². The van der Waals surface area contributed by atoms with Crippen molar-refractivity contribution in [3.05, 3.63) is 89.5 Å². The van der Waals surface area contributed by atoms with Crippen LogP contribution >= 0.6 is 0 Å². The fourth-order valence-corrected chi connectivity index (χ4v) is 4.55. The molecule has 3 aromatic carbocycles. The van der Waals surface area contributed by atoms with Gasteiger partial charge in [-0.2, -0.15) is 0 Å². The summed E-state index contributed by atoms with van der Waals surface area (Å²) in [6.07, 6.45) is 5.43. The number of carbonyl (C=O) groups excluding carboxylic acids is 1. The average Bonchev–Trinajstić information content (AvgIpc) is 3.16. The predicted octanol–water partition coefficient (Wildman–Crippen LogP) is 4.03. The van der Waals surface area contributed by atoms with Crippen LogP contribution in [0.1, 0.15) is 39.9 Å². The third kappa shape index (κ3) is 2.24. The Morgan fingerprint density at radius 1 is 1.00 bits per heavy atom. The van der Waals surface area contributed by atoms with Gasteiger partial charge in [-0.25, -0.2) is 0 Å².